The minimum atomic E-state index is -4.18. The van der Waals surface area contributed by atoms with Gasteiger partial charge >= 0.3 is 0 Å². The Morgan fingerprint density at radius 2 is 1.80 bits per heavy atom. The Kier molecular flexibility index (Phi) is 4.82. The van der Waals surface area contributed by atoms with E-state index in [0.717, 1.165) is 12.8 Å². The minimum Gasteiger partial charge on any atom is -0.487 e. The molecule has 0 aliphatic carbocycles. The van der Waals surface area contributed by atoms with Crippen molar-refractivity contribution in [2.24, 2.45) is 5.92 Å². The normalized spacial score (nSPS) is 17.1. The highest BCUT2D eigenvalue weighted by Crippen LogP contribution is 2.28. The van der Waals surface area contributed by atoms with E-state index in [1.165, 1.54) is 0 Å². The van der Waals surface area contributed by atoms with E-state index in [0.29, 0.717) is 25.3 Å². The lowest BCUT2D eigenvalue weighted by atomic mass is 10.0. The molecule has 8 heteroatoms. The van der Waals surface area contributed by atoms with Crippen LogP contribution in [0.2, 0.25) is 0 Å². The fourth-order valence-electron chi connectivity index (χ4n) is 1.93. The van der Waals surface area contributed by atoms with Gasteiger partial charge in [-0.3, -0.25) is 0 Å². The van der Waals surface area contributed by atoms with Crippen LogP contribution in [0.5, 0.6) is 5.75 Å². The van der Waals surface area contributed by atoms with E-state index in [-0.39, 0.29) is 12.5 Å². The summed E-state index contributed by atoms with van der Waals surface area (Å²) in [5.41, 5.74) is 0. The summed E-state index contributed by atoms with van der Waals surface area (Å²) < 4.78 is 59.7. The maximum Gasteiger partial charge on any atom is 0.261 e. The van der Waals surface area contributed by atoms with Crippen LogP contribution in [0, 0.1) is 17.6 Å². The first-order chi connectivity index (χ1) is 9.38. The summed E-state index contributed by atoms with van der Waals surface area (Å²) in [6.45, 7) is 1.36. The Morgan fingerprint density at radius 3 is 2.30 bits per heavy atom. The third kappa shape index (κ3) is 3.80. The van der Waals surface area contributed by atoms with Gasteiger partial charge in [0.05, 0.1) is 11.5 Å². The number of hydrogen-bond donors (Lipinski definition) is 0. The van der Waals surface area contributed by atoms with Crippen molar-refractivity contribution in [3.8, 4) is 5.75 Å². The van der Waals surface area contributed by atoms with Gasteiger partial charge in [0.15, 0.2) is 17.4 Å². The second-order valence-corrected chi connectivity index (χ2v) is 7.09. The topological polar surface area (TPSA) is 52.6 Å². The second kappa shape index (κ2) is 6.24. The molecule has 0 amide bonds. The van der Waals surface area contributed by atoms with Crippen molar-refractivity contribution in [3.63, 3.8) is 0 Å². The van der Waals surface area contributed by atoms with E-state index in [4.69, 9.17) is 20.2 Å². The van der Waals surface area contributed by atoms with Crippen LogP contribution >= 0.6 is 10.7 Å². The van der Waals surface area contributed by atoms with Crippen LogP contribution in [0.1, 0.15) is 12.8 Å². The van der Waals surface area contributed by atoms with Crippen LogP contribution in [0.25, 0.3) is 0 Å². The molecule has 1 fully saturated rings. The third-order valence-corrected chi connectivity index (χ3v) is 4.39. The molecule has 0 aromatic heterocycles. The van der Waals surface area contributed by atoms with E-state index in [1.807, 2.05) is 0 Å². The summed E-state index contributed by atoms with van der Waals surface area (Å²) in [5, 5.41) is 0. The number of rotatable bonds is 4. The van der Waals surface area contributed by atoms with Crippen LogP contribution in [-0.4, -0.2) is 28.2 Å². The fourth-order valence-corrected chi connectivity index (χ4v) is 2.69. The van der Waals surface area contributed by atoms with Gasteiger partial charge in [-0.15, -0.1) is 0 Å². The standard InChI is InChI=1S/C12H13ClF2O4S/c13-20(16,17)9-5-10(14)12(11(15)6-9)19-7-8-1-3-18-4-2-8/h5-6,8H,1-4,7H2. The van der Waals surface area contributed by atoms with E-state index < -0.39 is 31.3 Å². The quantitative estimate of drug-likeness (QED) is 0.798. The predicted octanol–water partition coefficient (Wildman–Crippen LogP) is 2.70. The van der Waals surface area contributed by atoms with Crippen molar-refractivity contribution in [1.29, 1.82) is 0 Å². The Hall–Kier alpha value is -0.920. The molecule has 0 atom stereocenters. The average molecular weight is 327 g/mol. The molecule has 4 nitrogen and oxygen atoms in total. The molecule has 1 aromatic rings. The second-order valence-electron chi connectivity index (χ2n) is 4.52. The van der Waals surface area contributed by atoms with Crippen LogP contribution in [-0.2, 0) is 13.8 Å². The molecular formula is C12H13ClF2O4S. The summed E-state index contributed by atoms with van der Waals surface area (Å²) in [5.74, 6) is -2.59. The summed E-state index contributed by atoms with van der Waals surface area (Å²) in [6, 6.07) is 1.29. The molecule has 1 saturated heterocycles. The molecule has 1 heterocycles. The molecular weight excluding hydrogens is 314 g/mol. The lowest BCUT2D eigenvalue weighted by Crippen LogP contribution is -2.22. The van der Waals surface area contributed by atoms with Crippen LogP contribution in [0.4, 0.5) is 8.78 Å². The summed E-state index contributed by atoms with van der Waals surface area (Å²) in [6.07, 6.45) is 1.52. The molecule has 1 aliphatic heterocycles. The zero-order valence-electron chi connectivity index (χ0n) is 10.4. The molecule has 0 saturated carbocycles. The molecule has 0 bridgehead atoms. The van der Waals surface area contributed by atoms with E-state index in [2.05, 4.69) is 0 Å². The molecule has 20 heavy (non-hydrogen) atoms. The Balaban J connectivity index is 2.12. The first-order valence-corrected chi connectivity index (χ1v) is 8.33. The van der Waals surface area contributed by atoms with Crippen molar-refractivity contribution >= 4 is 19.7 Å². The first kappa shape index (κ1) is 15.5. The van der Waals surface area contributed by atoms with Crippen molar-refractivity contribution in [1.82, 2.24) is 0 Å². The maximum atomic E-state index is 13.7. The highest BCUT2D eigenvalue weighted by Gasteiger charge is 2.21. The van der Waals surface area contributed by atoms with E-state index in [9.17, 15) is 17.2 Å². The summed E-state index contributed by atoms with van der Waals surface area (Å²) in [7, 11) is 0.858. The molecule has 0 N–H and O–H groups in total. The third-order valence-electron chi connectivity index (χ3n) is 3.06. The Morgan fingerprint density at radius 1 is 1.25 bits per heavy atom. The van der Waals surface area contributed by atoms with Crippen molar-refractivity contribution < 1.29 is 26.7 Å². The lowest BCUT2D eigenvalue weighted by molar-refractivity contribution is 0.0485. The van der Waals surface area contributed by atoms with Gasteiger partial charge in [-0.25, -0.2) is 17.2 Å². The van der Waals surface area contributed by atoms with E-state index in [1.54, 1.807) is 0 Å². The summed E-state index contributed by atoms with van der Waals surface area (Å²) >= 11 is 0. The number of halogens is 3. The Labute approximate surface area is 120 Å². The van der Waals surface area contributed by atoms with Crippen molar-refractivity contribution in [2.45, 2.75) is 17.7 Å². The minimum absolute atomic E-state index is 0.157. The average Bonchev–Trinajstić information content (AvgIpc) is 2.37. The highest BCUT2D eigenvalue weighted by molar-refractivity contribution is 8.13. The molecule has 112 valence electrons. The van der Waals surface area contributed by atoms with Gasteiger partial charge < -0.3 is 9.47 Å². The van der Waals surface area contributed by atoms with Gasteiger partial charge in [0.25, 0.3) is 9.05 Å². The van der Waals surface area contributed by atoms with Crippen LogP contribution < -0.4 is 4.74 Å². The van der Waals surface area contributed by atoms with Gasteiger partial charge in [0.2, 0.25) is 0 Å². The zero-order valence-corrected chi connectivity index (χ0v) is 12.0. The van der Waals surface area contributed by atoms with Gasteiger partial charge in [-0.1, -0.05) is 0 Å². The largest absolute Gasteiger partial charge is 0.487 e. The predicted molar refractivity (Wildman–Crippen MR) is 68.4 cm³/mol. The SMILES string of the molecule is O=S(=O)(Cl)c1cc(F)c(OCC2CCOCC2)c(F)c1. The molecule has 0 spiro atoms. The molecule has 0 unspecified atom stereocenters. The molecule has 1 aromatic carbocycles. The number of benzene rings is 1. The number of hydrogen-bond acceptors (Lipinski definition) is 4. The zero-order chi connectivity index (χ0) is 14.8. The highest BCUT2D eigenvalue weighted by atomic mass is 35.7. The van der Waals surface area contributed by atoms with Gasteiger partial charge in [0.1, 0.15) is 0 Å². The van der Waals surface area contributed by atoms with Crippen molar-refractivity contribution in [2.75, 3.05) is 19.8 Å². The Bertz CT molecular complexity index is 562. The first-order valence-electron chi connectivity index (χ1n) is 6.02. The maximum absolute atomic E-state index is 13.7. The van der Waals surface area contributed by atoms with E-state index >= 15 is 0 Å². The van der Waals surface area contributed by atoms with Crippen LogP contribution in [0.15, 0.2) is 17.0 Å². The fraction of sp³-hybridized carbons (Fsp3) is 0.500. The van der Waals surface area contributed by atoms with Gasteiger partial charge in [-0.2, -0.15) is 0 Å². The van der Waals surface area contributed by atoms with Gasteiger partial charge in [-0.05, 0) is 30.9 Å². The molecule has 0 radical (unpaired) electrons. The smallest absolute Gasteiger partial charge is 0.261 e. The monoisotopic (exact) mass is 326 g/mol. The number of ether oxygens (including phenoxy) is 2. The lowest BCUT2D eigenvalue weighted by Gasteiger charge is -2.22. The molecule has 1 aliphatic rings. The summed E-state index contributed by atoms with van der Waals surface area (Å²) in [4.78, 5) is -0.632. The van der Waals surface area contributed by atoms with Gasteiger partial charge in [0, 0.05) is 23.9 Å². The van der Waals surface area contributed by atoms with Crippen molar-refractivity contribution in [3.05, 3.63) is 23.8 Å². The van der Waals surface area contributed by atoms with Crippen LogP contribution in [0.3, 0.4) is 0 Å². The molecule has 2 rings (SSSR count).